The van der Waals surface area contributed by atoms with Gasteiger partial charge in [0.1, 0.15) is 0 Å². The number of aromatic nitrogens is 1. The van der Waals surface area contributed by atoms with Gasteiger partial charge in [-0.05, 0) is 18.2 Å². The molecule has 3 rings (SSSR count). The van der Waals surface area contributed by atoms with Gasteiger partial charge in [0.25, 0.3) is 0 Å². The molecule has 0 N–H and O–H groups in total. The smallest absolute Gasteiger partial charge is 0.228 e. The maximum Gasteiger partial charge on any atom is 0.228 e. The highest BCUT2D eigenvalue weighted by Gasteiger charge is 2.36. The van der Waals surface area contributed by atoms with Gasteiger partial charge in [0.2, 0.25) is 11.8 Å². The maximum absolute atomic E-state index is 12.7. The topological polar surface area (TPSA) is 45.6 Å². The zero-order valence-corrected chi connectivity index (χ0v) is 14.5. The molecule has 0 radical (unpaired) electrons. The summed E-state index contributed by atoms with van der Waals surface area (Å²) in [5, 5.41) is 0.652. The van der Waals surface area contributed by atoms with Crippen molar-refractivity contribution < 1.29 is 9.59 Å². The van der Waals surface area contributed by atoms with Crippen LogP contribution in [-0.2, 0) is 23.2 Å². The summed E-state index contributed by atoms with van der Waals surface area (Å²) >= 11 is 5.99. The Kier molecular flexibility index (Phi) is 4.62. The molecule has 1 unspecified atom stereocenters. The quantitative estimate of drug-likeness (QED) is 0.855. The Hall–Kier alpha value is -2.27. The van der Waals surface area contributed by atoms with Gasteiger partial charge in [-0.2, -0.15) is 0 Å². The van der Waals surface area contributed by atoms with E-state index in [4.69, 9.17) is 11.6 Å². The highest BCUT2D eigenvalue weighted by atomic mass is 35.5. The minimum atomic E-state index is -0.307. The molecule has 1 aliphatic rings. The van der Waals surface area contributed by atoms with E-state index in [1.165, 1.54) is 0 Å². The summed E-state index contributed by atoms with van der Waals surface area (Å²) in [6, 6.07) is 11.3. The predicted molar refractivity (Wildman–Crippen MR) is 93.8 cm³/mol. The maximum atomic E-state index is 12.7. The number of benzene rings is 1. The Bertz CT molecular complexity index is 757. The molecule has 1 saturated heterocycles. The van der Waals surface area contributed by atoms with Crippen molar-refractivity contribution in [2.45, 2.75) is 13.0 Å². The van der Waals surface area contributed by atoms with Crippen LogP contribution in [-0.4, -0.2) is 34.9 Å². The van der Waals surface area contributed by atoms with Crippen LogP contribution in [0.25, 0.3) is 0 Å². The van der Waals surface area contributed by atoms with E-state index in [0.29, 0.717) is 18.1 Å². The molecule has 1 fully saturated rings. The van der Waals surface area contributed by atoms with Gasteiger partial charge in [-0.25, -0.2) is 0 Å². The molecule has 0 saturated carbocycles. The third-order valence-corrected chi connectivity index (χ3v) is 4.60. The Morgan fingerprint density at radius 2 is 2.04 bits per heavy atom. The number of rotatable bonds is 4. The molecule has 0 bridgehead atoms. The van der Waals surface area contributed by atoms with Crippen LogP contribution in [0.15, 0.2) is 42.6 Å². The highest BCUT2D eigenvalue weighted by molar-refractivity contribution is 6.30. The summed E-state index contributed by atoms with van der Waals surface area (Å²) in [4.78, 5) is 28.3. The molecule has 6 heteroatoms. The molecule has 5 nitrogen and oxygen atoms in total. The van der Waals surface area contributed by atoms with E-state index < -0.39 is 0 Å². The van der Waals surface area contributed by atoms with Crippen molar-refractivity contribution in [2.24, 2.45) is 13.0 Å². The molecular weight excluding hydrogens is 326 g/mol. The Morgan fingerprint density at radius 3 is 2.67 bits per heavy atom. The second-order valence-corrected chi connectivity index (χ2v) is 6.63. The fraction of sp³-hybridized carbons (Fsp3) is 0.333. The zero-order chi connectivity index (χ0) is 17.3. The molecule has 24 heavy (non-hydrogen) atoms. The number of amides is 2. The van der Waals surface area contributed by atoms with Gasteiger partial charge in [0.05, 0.1) is 17.5 Å². The fourth-order valence-electron chi connectivity index (χ4n) is 3.09. The van der Waals surface area contributed by atoms with E-state index in [1.54, 1.807) is 16.8 Å². The minimum Gasteiger partial charge on any atom is -0.351 e. The third-order valence-electron chi connectivity index (χ3n) is 4.39. The normalized spacial score (nSPS) is 17.4. The van der Waals surface area contributed by atoms with E-state index in [0.717, 1.165) is 11.4 Å². The van der Waals surface area contributed by atoms with E-state index in [9.17, 15) is 9.59 Å². The lowest BCUT2D eigenvalue weighted by Gasteiger charge is -2.21. The fourth-order valence-corrected chi connectivity index (χ4v) is 3.36. The standard InChI is InChI=1S/C18H20ClN3O2/c1-20-11-14(19)9-16(20)12-21(2)18(24)13-8-17(23)22(10-13)15-6-4-3-5-7-15/h3-7,9,11,13H,8,10,12H2,1-2H3. The number of aryl methyl sites for hydroxylation is 1. The number of carbonyl (C=O) groups is 2. The van der Waals surface area contributed by atoms with Crippen LogP contribution >= 0.6 is 11.6 Å². The molecule has 0 spiro atoms. The van der Waals surface area contributed by atoms with Crippen LogP contribution in [0.1, 0.15) is 12.1 Å². The first-order chi connectivity index (χ1) is 11.5. The first-order valence-corrected chi connectivity index (χ1v) is 8.24. The summed E-state index contributed by atoms with van der Waals surface area (Å²) in [6.07, 6.45) is 2.07. The second kappa shape index (κ2) is 6.69. The van der Waals surface area contributed by atoms with E-state index in [1.807, 2.05) is 54.2 Å². The van der Waals surface area contributed by atoms with Crippen molar-refractivity contribution in [3.8, 4) is 0 Å². The van der Waals surface area contributed by atoms with Crippen LogP contribution in [0.5, 0.6) is 0 Å². The van der Waals surface area contributed by atoms with Crippen LogP contribution in [0.2, 0.25) is 5.02 Å². The highest BCUT2D eigenvalue weighted by Crippen LogP contribution is 2.26. The lowest BCUT2D eigenvalue weighted by atomic mass is 10.1. The molecule has 1 aromatic heterocycles. The molecule has 1 aromatic carbocycles. The van der Waals surface area contributed by atoms with Crippen molar-refractivity contribution in [3.63, 3.8) is 0 Å². The molecule has 1 aliphatic heterocycles. The molecule has 0 aliphatic carbocycles. The van der Waals surface area contributed by atoms with Gasteiger partial charge < -0.3 is 14.4 Å². The van der Waals surface area contributed by atoms with Crippen molar-refractivity contribution in [3.05, 3.63) is 53.3 Å². The van der Waals surface area contributed by atoms with Gasteiger partial charge in [0, 0.05) is 44.6 Å². The molecular formula is C18H20ClN3O2. The largest absolute Gasteiger partial charge is 0.351 e. The van der Waals surface area contributed by atoms with Crippen LogP contribution in [0, 0.1) is 5.92 Å². The number of halogens is 1. The number of hydrogen-bond acceptors (Lipinski definition) is 2. The second-order valence-electron chi connectivity index (χ2n) is 6.20. The van der Waals surface area contributed by atoms with Gasteiger partial charge in [-0.1, -0.05) is 29.8 Å². The van der Waals surface area contributed by atoms with Crippen molar-refractivity contribution in [1.29, 1.82) is 0 Å². The summed E-state index contributed by atoms with van der Waals surface area (Å²) in [5.74, 6) is -0.326. The number of anilines is 1. The predicted octanol–water partition coefficient (Wildman–Crippen LogP) is 2.69. The average molecular weight is 346 g/mol. The first-order valence-electron chi connectivity index (χ1n) is 7.87. The van der Waals surface area contributed by atoms with E-state index in [2.05, 4.69) is 0 Å². The van der Waals surface area contributed by atoms with Gasteiger partial charge in [-0.3, -0.25) is 9.59 Å². The Morgan fingerprint density at radius 1 is 1.33 bits per heavy atom. The van der Waals surface area contributed by atoms with Crippen LogP contribution in [0.3, 0.4) is 0 Å². The van der Waals surface area contributed by atoms with Gasteiger partial charge >= 0.3 is 0 Å². The number of hydrogen-bond donors (Lipinski definition) is 0. The molecule has 126 valence electrons. The average Bonchev–Trinajstić information content (AvgIpc) is 3.09. The van der Waals surface area contributed by atoms with Crippen molar-refractivity contribution >= 4 is 29.1 Å². The summed E-state index contributed by atoms with van der Waals surface area (Å²) in [6.45, 7) is 0.901. The number of para-hydroxylation sites is 1. The van der Waals surface area contributed by atoms with Crippen molar-refractivity contribution in [1.82, 2.24) is 9.47 Å². The van der Waals surface area contributed by atoms with Crippen LogP contribution < -0.4 is 4.90 Å². The lowest BCUT2D eigenvalue weighted by Crippen LogP contribution is -2.34. The lowest BCUT2D eigenvalue weighted by molar-refractivity contribution is -0.135. The molecule has 2 heterocycles. The minimum absolute atomic E-state index is 0.00476. The third kappa shape index (κ3) is 3.31. The summed E-state index contributed by atoms with van der Waals surface area (Å²) < 4.78 is 1.90. The zero-order valence-electron chi connectivity index (χ0n) is 13.8. The van der Waals surface area contributed by atoms with Gasteiger partial charge in [-0.15, -0.1) is 0 Å². The number of carbonyl (C=O) groups excluding carboxylic acids is 2. The number of nitrogens with zero attached hydrogens (tertiary/aromatic N) is 3. The monoisotopic (exact) mass is 345 g/mol. The summed E-state index contributed by atoms with van der Waals surface area (Å²) in [7, 11) is 3.66. The Labute approximate surface area is 146 Å². The van der Waals surface area contributed by atoms with E-state index >= 15 is 0 Å². The summed E-state index contributed by atoms with van der Waals surface area (Å²) in [5.41, 5.74) is 1.80. The first kappa shape index (κ1) is 16.6. The Balaban J connectivity index is 1.67. The molecule has 1 atom stereocenters. The van der Waals surface area contributed by atoms with Crippen molar-refractivity contribution in [2.75, 3.05) is 18.5 Å². The SMILES string of the molecule is CN(Cc1cc(Cl)cn1C)C(=O)C1CC(=O)N(c2ccccc2)C1. The van der Waals surface area contributed by atoms with Gasteiger partial charge in [0.15, 0.2) is 0 Å². The van der Waals surface area contributed by atoms with Crippen LogP contribution in [0.4, 0.5) is 5.69 Å². The molecule has 2 amide bonds. The van der Waals surface area contributed by atoms with E-state index in [-0.39, 0.29) is 24.2 Å². The molecule has 2 aromatic rings.